The number of fused-ring (bicyclic) bond motifs is 1. The summed E-state index contributed by atoms with van der Waals surface area (Å²) in [5, 5.41) is 3.47. The van der Waals surface area contributed by atoms with Gasteiger partial charge in [-0.2, -0.15) is 0 Å². The van der Waals surface area contributed by atoms with Crippen molar-refractivity contribution in [3.05, 3.63) is 65.2 Å². The molecule has 0 unspecified atom stereocenters. The van der Waals surface area contributed by atoms with Gasteiger partial charge in [0.2, 0.25) is 0 Å². The van der Waals surface area contributed by atoms with E-state index < -0.39 is 0 Å². The van der Waals surface area contributed by atoms with Gasteiger partial charge >= 0.3 is 0 Å². The zero-order valence-corrected chi connectivity index (χ0v) is 14.2. The van der Waals surface area contributed by atoms with Crippen molar-refractivity contribution in [3.63, 3.8) is 0 Å². The summed E-state index contributed by atoms with van der Waals surface area (Å²) in [4.78, 5) is 12.6. The van der Waals surface area contributed by atoms with Crippen LogP contribution < -0.4 is 15.8 Å². The fourth-order valence-electron chi connectivity index (χ4n) is 3.02. The predicted octanol–water partition coefficient (Wildman–Crippen LogP) is 3.43. The molecule has 2 aromatic rings. The molecule has 1 aliphatic rings. The SMILES string of the molecule is COc1ccc2c(c1)/C(=C/C(=O)c1ccc(N)cc1)NC(C)(C)C2. The van der Waals surface area contributed by atoms with Crippen LogP contribution in [-0.4, -0.2) is 18.4 Å². The van der Waals surface area contributed by atoms with Crippen molar-refractivity contribution >= 4 is 17.2 Å². The number of hydrogen-bond donors (Lipinski definition) is 2. The number of anilines is 1. The van der Waals surface area contributed by atoms with Gasteiger partial charge in [-0.3, -0.25) is 4.79 Å². The topological polar surface area (TPSA) is 64.3 Å². The summed E-state index contributed by atoms with van der Waals surface area (Å²) in [6.07, 6.45) is 2.55. The van der Waals surface area contributed by atoms with Crippen molar-refractivity contribution in [2.75, 3.05) is 12.8 Å². The van der Waals surface area contributed by atoms with E-state index in [1.807, 2.05) is 12.1 Å². The van der Waals surface area contributed by atoms with Crippen molar-refractivity contribution in [2.45, 2.75) is 25.8 Å². The van der Waals surface area contributed by atoms with E-state index in [4.69, 9.17) is 10.5 Å². The Morgan fingerprint density at radius 1 is 1.21 bits per heavy atom. The Hall–Kier alpha value is -2.75. The number of nitrogen functional groups attached to an aromatic ring is 1. The molecule has 0 radical (unpaired) electrons. The zero-order valence-electron chi connectivity index (χ0n) is 14.2. The van der Waals surface area contributed by atoms with Gasteiger partial charge in [0.05, 0.1) is 7.11 Å². The number of carbonyl (C=O) groups is 1. The lowest BCUT2D eigenvalue weighted by Crippen LogP contribution is -2.43. The van der Waals surface area contributed by atoms with Gasteiger partial charge in [-0.05, 0) is 62.2 Å². The summed E-state index contributed by atoms with van der Waals surface area (Å²) < 4.78 is 5.33. The molecule has 4 heteroatoms. The molecule has 0 fully saturated rings. The van der Waals surface area contributed by atoms with Gasteiger partial charge in [0.1, 0.15) is 5.75 Å². The Labute approximate surface area is 142 Å². The first-order valence-corrected chi connectivity index (χ1v) is 7.95. The smallest absolute Gasteiger partial charge is 0.187 e. The number of ether oxygens (including phenoxy) is 1. The second-order valence-corrected chi connectivity index (χ2v) is 6.75. The van der Waals surface area contributed by atoms with Crippen molar-refractivity contribution in [2.24, 2.45) is 0 Å². The van der Waals surface area contributed by atoms with E-state index in [2.05, 4.69) is 25.2 Å². The van der Waals surface area contributed by atoms with E-state index in [1.165, 1.54) is 5.56 Å². The normalized spacial score (nSPS) is 17.0. The molecule has 1 aliphatic heterocycles. The van der Waals surface area contributed by atoms with E-state index in [9.17, 15) is 4.79 Å². The summed E-state index contributed by atoms with van der Waals surface area (Å²) in [5.74, 6) is 0.727. The third-order valence-electron chi connectivity index (χ3n) is 4.18. The second kappa shape index (κ2) is 6.04. The molecule has 3 rings (SSSR count). The fourth-order valence-corrected chi connectivity index (χ4v) is 3.02. The fraction of sp³-hybridized carbons (Fsp3) is 0.250. The van der Waals surface area contributed by atoms with E-state index >= 15 is 0 Å². The quantitative estimate of drug-likeness (QED) is 0.516. The lowest BCUT2D eigenvalue weighted by Gasteiger charge is -2.35. The van der Waals surface area contributed by atoms with Gasteiger partial charge in [-0.25, -0.2) is 0 Å². The first-order chi connectivity index (χ1) is 11.4. The van der Waals surface area contributed by atoms with Crippen LogP contribution in [0.3, 0.4) is 0 Å². The van der Waals surface area contributed by atoms with Crippen LogP contribution in [0, 0.1) is 0 Å². The predicted molar refractivity (Wildman–Crippen MR) is 97.1 cm³/mol. The highest BCUT2D eigenvalue weighted by molar-refractivity contribution is 6.08. The van der Waals surface area contributed by atoms with Crippen molar-refractivity contribution in [1.29, 1.82) is 0 Å². The number of methoxy groups -OCH3 is 1. The van der Waals surface area contributed by atoms with E-state index in [1.54, 1.807) is 37.5 Å². The van der Waals surface area contributed by atoms with E-state index in [0.717, 1.165) is 23.4 Å². The minimum Gasteiger partial charge on any atom is -0.497 e. The summed E-state index contributed by atoms with van der Waals surface area (Å²) in [5.41, 5.74) is 9.87. The maximum Gasteiger partial charge on any atom is 0.187 e. The number of nitrogens with one attached hydrogen (secondary N) is 1. The summed E-state index contributed by atoms with van der Waals surface area (Å²) in [7, 11) is 1.64. The Morgan fingerprint density at radius 3 is 2.58 bits per heavy atom. The molecule has 4 nitrogen and oxygen atoms in total. The third-order valence-corrected chi connectivity index (χ3v) is 4.18. The number of hydrogen-bond acceptors (Lipinski definition) is 4. The maximum absolute atomic E-state index is 12.6. The molecule has 1 heterocycles. The average Bonchev–Trinajstić information content (AvgIpc) is 2.54. The van der Waals surface area contributed by atoms with Gasteiger partial charge in [0.25, 0.3) is 0 Å². The van der Waals surface area contributed by atoms with Crippen molar-refractivity contribution in [1.82, 2.24) is 5.32 Å². The molecule has 0 aromatic heterocycles. The molecule has 0 atom stereocenters. The maximum atomic E-state index is 12.6. The summed E-state index contributed by atoms with van der Waals surface area (Å²) in [6.45, 7) is 4.25. The number of allylic oxidation sites excluding steroid dienone is 1. The Morgan fingerprint density at radius 2 is 1.92 bits per heavy atom. The van der Waals surface area contributed by atoms with Crippen molar-refractivity contribution in [3.8, 4) is 5.75 Å². The number of ketones is 1. The average molecular weight is 322 g/mol. The molecular weight excluding hydrogens is 300 g/mol. The molecular formula is C20H22N2O2. The minimum absolute atomic E-state index is 0.0519. The Kier molecular flexibility index (Phi) is 4.06. The molecule has 0 saturated carbocycles. The minimum atomic E-state index is -0.116. The number of benzene rings is 2. The molecule has 0 saturated heterocycles. The van der Waals surface area contributed by atoms with Gasteiger partial charge in [0.15, 0.2) is 5.78 Å². The third kappa shape index (κ3) is 3.27. The first-order valence-electron chi connectivity index (χ1n) is 7.95. The Bertz CT molecular complexity index is 805. The summed E-state index contributed by atoms with van der Waals surface area (Å²) in [6, 6.07) is 13.0. The molecule has 0 amide bonds. The van der Waals surface area contributed by atoms with Crippen molar-refractivity contribution < 1.29 is 9.53 Å². The largest absolute Gasteiger partial charge is 0.497 e. The van der Waals surface area contributed by atoms with Crippen LogP contribution in [-0.2, 0) is 6.42 Å². The van der Waals surface area contributed by atoms with Crippen LogP contribution in [0.25, 0.3) is 5.70 Å². The number of rotatable bonds is 3. The monoisotopic (exact) mass is 322 g/mol. The van der Waals surface area contributed by atoms with E-state index in [-0.39, 0.29) is 11.3 Å². The number of carbonyl (C=O) groups excluding carboxylic acids is 1. The lowest BCUT2D eigenvalue weighted by molar-refractivity contribution is 0.104. The Balaban J connectivity index is 2.03. The highest BCUT2D eigenvalue weighted by Gasteiger charge is 2.28. The van der Waals surface area contributed by atoms with Crippen LogP contribution in [0.4, 0.5) is 5.69 Å². The molecule has 0 bridgehead atoms. The first kappa shape index (κ1) is 16.1. The van der Waals surface area contributed by atoms with Crippen LogP contribution in [0.2, 0.25) is 0 Å². The molecule has 24 heavy (non-hydrogen) atoms. The lowest BCUT2D eigenvalue weighted by atomic mass is 9.85. The second-order valence-electron chi connectivity index (χ2n) is 6.75. The standard InChI is InChI=1S/C20H22N2O2/c1-20(2)12-14-6-9-16(24-3)10-17(14)18(22-20)11-19(23)13-4-7-15(21)8-5-13/h4-11,22H,12,21H2,1-3H3/b18-11-. The van der Waals surface area contributed by atoms with Crippen LogP contribution in [0.5, 0.6) is 5.75 Å². The summed E-state index contributed by atoms with van der Waals surface area (Å²) >= 11 is 0. The molecule has 124 valence electrons. The molecule has 0 spiro atoms. The van der Waals surface area contributed by atoms with Gasteiger partial charge < -0.3 is 15.8 Å². The van der Waals surface area contributed by atoms with Gasteiger partial charge in [-0.1, -0.05) is 6.07 Å². The highest BCUT2D eigenvalue weighted by atomic mass is 16.5. The van der Waals surface area contributed by atoms with Gasteiger partial charge in [0, 0.05) is 34.1 Å². The molecule has 0 aliphatic carbocycles. The van der Waals surface area contributed by atoms with Crippen LogP contribution in [0.15, 0.2) is 48.5 Å². The van der Waals surface area contributed by atoms with Crippen LogP contribution in [0.1, 0.15) is 35.3 Å². The zero-order chi connectivity index (χ0) is 17.3. The number of nitrogens with two attached hydrogens (primary N) is 1. The highest BCUT2D eigenvalue weighted by Crippen LogP contribution is 2.32. The van der Waals surface area contributed by atoms with Crippen LogP contribution >= 0.6 is 0 Å². The van der Waals surface area contributed by atoms with E-state index in [0.29, 0.717) is 11.3 Å². The molecule has 2 aromatic carbocycles. The molecule has 3 N–H and O–H groups in total. The van der Waals surface area contributed by atoms with Gasteiger partial charge in [-0.15, -0.1) is 0 Å².